The lowest BCUT2D eigenvalue weighted by Gasteiger charge is -2.23. The third-order valence-corrected chi connectivity index (χ3v) is 3.27. The van der Waals surface area contributed by atoms with Crippen LogP contribution in [0.4, 0.5) is 11.4 Å². The van der Waals surface area contributed by atoms with Crippen LogP contribution >= 0.6 is 0 Å². The Labute approximate surface area is 108 Å². The minimum absolute atomic E-state index is 0.0801. The Morgan fingerprint density at radius 3 is 2.89 bits per heavy atom. The second-order valence-corrected chi connectivity index (χ2v) is 4.54. The molecular formula is C14H20N2O2. The highest BCUT2D eigenvalue weighted by Gasteiger charge is 2.23. The highest BCUT2D eigenvalue weighted by Crippen LogP contribution is 2.24. The molecule has 1 aliphatic rings. The van der Waals surface area contributed by atoms with Gasteiger partial charge in [0.25, 0.3) is 0 Å². The van der Waals surface area contributed by atoms with Crippen LogP contribution in [0.3, 0.4) is 0 Å². The van der Waals surface area contributed by atoms with E-state index in [1.807, 2.05) is 31.2 Å². The van der Waals surface area contributed by atoms with E-state index in [4.69, 9.17) is 10.5 Å². The van der Waals surface area contributed by atoms with Gasteiger partial charge < -0.3 is 15.4 Å². The third kappa shape index (κ3) is 2.82. The zero-order valence-electron chi connectivity index (χ0n) is 10.8. The van der Waals surface area contributed by atoms with Crippen LogP contribution in [0.1, 0.15) is 26.2 Å². The van der Waals surface area contributed by atoms with Crippen molar-refractivity contribution in [3.8, 4) is 0 Å². The van der Waals surface area contributed by atoms with Gasteiger partial charge in [-0.15, -0.1) is 0 Å². The number of nitrogens with zero attached hydrogens (tertiary/aromatic N) is 1. The van der Waals surface area contributed by atoms with Crippen LogP contribution in [0.5, 0.6) is 0 Å². The van der Waals surface area contributed by atoms with E-state index in [-0.39, 0.29) is 12.0 Å². The van der Waals surface area contributed by atoms with Gasteiger partial charge in [0, 0.05) is 13.2 Å². The fraction of sp³-hybridized carbons (Fsp3) is 0.500. The maximum absolute atomic E-state index is 12.3. The van der Waals surface area contributed by atoms with Gasteiger partial charge in [-0.05, 0) is 31.9 Å². The number of para-hydroxylation sites is 2. The summed E-state index contributed by atoms with van der Waals surface area (Å²) in [6.07, 6.45) is 2.56. The average Bonchev–Trinajstić information content (AvgIpc) is 2.85. The van der Waals surface area contributed by atoms with Crippen molar-refractivity contribution in [3.05, 3.63) is 24.3 Å². The van der Waals surface area contributed by atoms with E-state index in [2.05, 4.69) is 0 Å². The molecule has 1 aromatic carbocycles. The number of anilines is 2. The van der Waals surface area contributed by atoms with Crippen molar-refractivity contribution in [2.45, 2.75) is 32.3 Å². The van der Waals surface area contributed by atoms with Gasteiger partial charge in [0.15, 0.2) is 0 Å². The van der Waals surface area contributed by atoms with E-state index < -0.39 is 0 Å². The predicted octanol–water partition coefficient (Wildman–Crippen LogP) is 2.19. The Hall–Kier alpha value is -1.55. The van der Waals surface area contributed by atoms with Gasteiger partial charge in [-0.25, -0.2) is 0 Å². The Balaban J connectivity index is 2.08. The number of hydrogen-bond donors (Lipinski definition) is 1. The summed E-state index contributed by atoms with van der Waals surface area (Å²) in [5.41, 5.74) is 7.35. The number of nitrogens with two attached hydrogens (primary N) is 1. The number of benzene rings is 1. The van der Waals surface area contributed by atoms with Crippen molar-refractivity contribution in [1.29, 1.82) is 0 Å². The molecule has 18 heavy (non-hydrogen) atoms. The summed E-state index contributed by atoms with van der Waals surface area (Å²) in [4.78, 5) is 14.0. The largest absolute Gasteiger partial charge is 0.397 e. The average molecular weight is 248 g/mol. The number of carbonyl (C=O) groups excluding carboxylic acids is 1. The number of rotatable bonds is 4. The molecule has 0 saturated carbocycles. The summed E-state index contributed by atoms with van der Waals surface area (Å²) in [6.45, 7) is 3.36. The molecule has 1 aromatic rings. The Morgan fingerprint density at radius 1 is 1.50 bits per heavy atom. The normalized spacial score (nSPS) is 18.8. The number of ether oxygens (including phenoxy) is 1. The smallest absolute Gasteiger partial charge is 0.229 e. The predicted molar refractivity (Wildman–Crippen MR) is 72.5 cm³/mol. The summed E-state index contributed by atoms with van der Waals surface area (Å²) in [7, 11) is 0. The minimum Gasteiger partial charge on any atom is -0.397 e. The van der Waals surface area contributed by atoms with Crippen LogP contribution in [0.2, 0.25) is 0 Å². The lowest BCUT2D eigenvalue weighted by molar-refractivity contribution is -0.120. The van der Waals surface area contributed by atoms with Crippen molar-refractivity contribution in [3.63, 3.8) is 0 Å². The zero-order valence-corrected chi connectivity index (χ0v) is 10.8. The van der Waals surface area contributed by atoms with Gasteiger partial charge in [-0.3, -0.25) is 4.79 Å². The van der Waals surface area contributed by atoms with E-state index in [9.17, 15) is 4.79 Å². The fourth-order valence-electron chi connectivity index (χ4n) is 2.32. The summed E-state index contributed by atoms with van der Waals surface area (Å²) < 4.78 is 5.51. The first-order valence-corrected chi connectivity index (χ1v) is 6.49. The second-order valence-electron chi connectivity index (χ2n) is 4.54. The van der Waals surface area contributed by atoms with Crippen LogP contribution < -0.4 is 10.6 Å². The Bertz CT molecular complexity index is 414. The highest BCUT2D eigenvalue weighted by atomic mass is 16.5. The second kappa shape index (κ2) is 5.87. The van der Waals surface area contributed by atoms with Gasteiger partial charge in [-0.2, -0.15) is 0 Å². The molecule has 0 radical (unpaired) electrons. The SMILES string of the molecule is CCN(C(=O)CC1CCCO1)c1ccccc1N. The molecule has 1 fully saturated rings. The quantitative estimate of drug-likeness (QED) is 0.831. The zero-order chi connectivity index (χ0) is 13.0. The molecule has 2 N–H and O–H groups in total. The molecular weight excluding hydrogens is 228 g/mol. The summed E-state index contributed by atoms with van der Waals surface area (Å²) in [5.74, 6) is 0.0855. The maximum atomic E-state index is 12.3. The molecule has 4 heteroatoms. The van der Waals surface area contributed by atoms with Crippen molar-refractivity contribution < 1.29 is 9.53 Å². The number of nitrogen functional groups attached to an aromatic ring is 1. The standard InChI is InChI=1S/C14H20N2O2/c1-2-16(13-8-4-3-7-12(13)15)14(17)10-11-6-5-9-18-11/h3-4,7-8,11H,2,5-6,9-10,15H2,1H3. The van der Waals surface area contributed by atoms with Crippen LogP contribution in [-0.4, -0.2) is 25.2 Å². The summed E-state index contributed by atoms with van der Waals surface area (Å²) in [5, 5.41) is 0. The molecule has 1 atom stereocenters. The van der Waals surface area contributed by atoms with Gasteiger partial charge in [0.2, 0.25) is 5.91 Å². The molecule has 98 valence electrons. The molecule has 4 nitrogen and oxygen atoms in total. The topological polar surface area (TPSA) is 55.6 Å². The molecule has 1 aliphatic heterocycles. The first kappa shape index (κ1) is 12.9. The number of hydrogen-bond acceptors (Lipinski definition) is 3. The Morgan fingerprint density at radius 2 is 2.28 bits per heavy atom. The van der Waals surface area contributed by atoms with Crippen molar-refractivity contribution >= 4 is 17.3 Å². The van der Waals surface area contributed by atoms with E-state index in [1.165, 1.54) is 0 Å². The highest BCUT2D eigenvalue weighted by molar-refractivity contribution is 5.96. The lowest BCUT2D eigenvalue weighted by atomic mass is 10.1. The molecule has 0 aliphatic carbocycles. The van der Waals surface area contributed by atoms with Gasteiger partial charge >= 0.3 is 0 Å². The minimum atomic E-state index is 0.0801. The molecule has 0 aromatic heterocycles. The summed E-state index contributed by atoms with van der Waals surface area (Å²) >= 11 is 0. The molecule has 0 bridgehead atoms. The van der Waals surface area contributed by atoms with E-state index in [1.54, 1.807) is 4.90 Å². The molecule has 2 rings (SSSR count). The van der Waals surface area contributed by atoms with Crippen molar-refractivity contribution in [1.82, 2.24) is 0 Å². The Kier molecular flexibility index (Phi) is 4.20. The number of amides is 1. The first-order valence-electron chi connectivity index (χ1n) is 6.49. The van der Waals surface area contributed by atoms with E-state index >= 15 is 0 Å². The monoisotopic (exact) mass is 248 g/mol. The molecule has 1 heterocycles. The molecule has 0 spiro atoms. The fourth-order valence-corrected chi connectivity index (χ4v) is 2.32. The van der Waals surface area contributed by atoms with Crippen LogP contribution in [-0.2, 0) is 9.53 Å². The third-order valence-electron chi connectivity index (χ3n) is 3.27. The first-order chi connectivity index (χ1) is 8.72. The molecule has 1 unspecified atom stereocenters. The van der Waals surface area contributed by atoms with Crippen molar-refractivity contribution in [2.24, 2.45) is 0 Å². The van der Waals surface area contributed by atoms with Crippen LogP contribution in [0.25, 0.3) is 0 Å². The van der Waals surface area contributed by atoms with E-state index in [0.717, 1.165) is 25.1 Å². The van der Waals surface area contributed by atoms with Gasteiger partial charge in [0.05, 0.1) is 23.9 Å². The molecule has 1 saturated heterocycles. The van der Waals surface area contributed by atoms with Crippen molar-refractivity contribution in [2.75, 3.05) is 23.8 Å². The molecule has 1 amide bonds. The number of carbonyl (C=O) groups is 1. The van der Waals surface area contributed by atoms with Crippen LogP contribution in [0.15, 0.2) is 24.3 Å². The van der Waals surface area contributed by atoms with Gasteiger partial charge in [0.1, 0.15) is 0 Å². The van der Waals surface area contributed by atoms with E-state index in [0.29, 0.717) is 18.7 Å². The van der Waals surface area contributed by atoms with Crippen LogP contribution in [0, 0.1) is 0 Å². The van der Waals surface area contributed by atoms with Gasteiger partial charge in [-0.1, -0.05) is 12.1 Å². The lowest BCUT2D eigenvalue weighted by Crippen LogP contribution is -2.33. The summed E-state index contributed by atoms with van der Waals surface area (Å²) in [6, 6.07) is 7.47. The maximum Gasteiger partial charge on any atom is 0.229 e.